The van der Waals surface area contributed by atoms with E-state index in [-0.39, 0.29) is 0 Å². The van der Waals surface area contributed by atoms with E-state index in [1.54, 1.807) is 0 Å². The molecule has 0 atom stereocenters. The van der Waals surface area contributed by atoms with E-state index < -0.39 is 0 Å². The molecule has 0 N–H and O–H groups in total. The predicted molar refractivity (Wildman–Crippen MR) is 89.1 cm³/mol. The fraction of sp³-hybridized carbons (Fsp3) is 0.778. The fourth-order valence-electron chi connectivity index (χ4n) is 1.37. The van der Waals surface area contributed by atoms with Crippen molar-refractivity contribution in [2.24, 2.45) is 0 Å². The van der Waals surface area contributed by atoms with Crippen molar-refractivity contribution in [1.82, 2.24) is 0 Å². The summed E-state index contributed by atoms with van der Waals surface area (Å²) in [5.41, 5.74) is 0. The summed E-state index contributed by atoms with van der Waals surface area (Å²) in [5, 5.41) is 0. The van der Waals surface area contributed by atoms with Crippen molar-refractivity contribution in [2.45, 2.75) is 39.5 Å². The van der Waals surface area contributed by atoms with Gasteiger partial charge in [0.25, 0.3) is 0 Å². The predicted octanol–water partition coefficient (Wildman–Crippen LogP) is 2.75. The quantitative estimate of drug-likeness (QED) is 0.382. The maximum atomic E-state index is 3.29. The minimum Gasteiger partial charge on any atom is -0.319 e. The summed E-state index contributed by atoms with van der Waals surface area (Å²) >= 11 is 0. The second-order valence-corrected chi connectivity index (χ2v) is 6.73. The van der Waals surface area contributed by atoms with E-state index in [2.05, 4.69) is 65.7 Å². The molecule has 2 heteroatoms. The number of hydrogen-bond acceptors (Lipinski definition) is 0. The van der Waals surface area contributed by atoms with Crippen LogP contribution >= 0.6 is 0 Å². The smallest absolute Gasteiger partial charge is 0.140 e. The number of hydrogen-bond donors (Lipinski definition) is 0. The van der Waals surface area contributed by atoms with Crippen LogP contribution in [0.3, 0.4) is 0 Å². The Morgan fingerprint density at radius 2 is 0.950 bits per heavy atom. The average Bonchev–Trinajstić information content (AvgIpc) is 2.41. The van der Waals surface area contributed by atoms with Crippen molar-refractivity contribution < 1.29 is 8.97 Å². The van der Waals surface area contributed by atoms with E-state index >= 15 is 0 Å². The molecule has 0 aromatic heterocycles. The van der Waals surface area contributed by atoms with Gasteiger partial charge in [0.1, 0.15) is 13.1 Å². The van der Waals surface area contributed by atoms with Crippen molar-refractivity contribution in [3.63, 3.8) is 0 Å². The van der Waals surface area contributed by atoms with Gasteiger partial charge in [-0.2, -0.15) is 0 Å². The summed E-state index contributed by atoms with van der Waals surface area (Å²) in [7, 11) is 8.89. The Hall–Kier alpha value is -0.960. The lowest BCUT2D eigenvalue weighted by atomic mass is 10.2. The molecule has 0 bridgehead atoms. The molecule has 0 aromatic rings. The number of unbranched alkanes of at least 4 members (excludes halogenated alkanes) is 3. The molecule has 0 aliphatic carbocycles. The number of rotatable bonds is 7. The molecule has 0 fully saturated rings. The minimum absolute atomic E-state index is 0.959. The van der Waals surface area contributed by atoms with Gasteiger partial charge >= 0.3 is 0 Å². The van der Waals surface area contributed by atoms with Crippen molar-refractivity contribution in [1.29, 1.82) is 0 Å². The van der Waals surface area contributed by atoms with Crippen molar-refractivity contribution >= 4 is 0 Å². The highest BCUT2D eigenvalue weighted by Crippen LogP contribution is 1.99. The Bertz CT molecular complexity index is 334. The lowest BCUT2D eigenvalue weighted by Gasteiger charge is -2.25. The summed E-state index contributed by atoms with van der Waals surface area (Å²) in [5.74, 6) is 13.1. The third kappa shape index (κ3) is 10.9. The largest absolute Gasteiger partial charge is 0.319 e. The fourth-order valence-corrected chi connectivity index (χ4v) is 1.37. The van der Waals surface area contributed by atoms with E-state index in [1.165, 1.54) is 12.8 Å². The Morgan fingerprint density at radius 3 is 1.25 bits per heavy atom. The first-order valence-electron chi connectivity index (χ1n) is 7.88. The number of nitrogens with zero attached hydrogens (tertiary/aromatic N) is 2. The molecule has 0 radical (unpaired) electrons. The second-order valence-electron chi connectivity index (χ2n) is 6.73. The first kappa shape index (κ1) is 19.0. The molecule has 0 saturated heterocycles. The standard InChI is InChI=1S/C18H34N2/c1-7-19(3,4)17-15-13-11-9-10-12-14-16-18-20(5,6)8-2/h7-12,17-18H2,1-6H3/q+2. The molecular weight excluding hydrogens is 244 g/mol. The van der Waals surface area contributed by atoms with E-state index in [0.29, 0.717) is 0 Å². The third-order valence-electron chi connectivity index (χ3n) is 3.83. The lowest BCUT2D eigenvalue weighted by molar-refractivity contribution is -0.881. The molecule has 0 amide bonds. The van der Waals surface area contributed by atoms with Crippen LogP contribution in [-0.2, 0) is 0 Å². The van der Waals surface area contributed by atoms with E-state index in [1.807, 2.05) is 0 Å². The first-order chi connectivity index (χ1) is 9.33. The zero-order valence-electron chi connectivity index (χ0n) is 14.6. The lowest BCUT2D eigenvalue weighted by Crippen LogP contribution is -2.39. The van der Waals surface area contributed by atoms with Gasteiger partial charge in [0.15, 0.2) is 0 Å². The molecule has 114 valence electrons. The maximum absolute atomic E-state index is 3.29. The van der Waals surface area contributed by atoms with Crippen molar-refractivity contribution in [3.8, 4) is 23.7 Å². The van der Waals surface area contributed by atoms with Gasteiger partial charge in [0, 0.05) is 12.8 Å². The second kappa shape index (κ2) is 9.87. The highest BCUT2D eigenvalue weighted by molar-refractivity contribution is 5.01. The van der Waals surface area contributed by atoms with E-state index in [0.717, 1.165) is 48.0 Å². The molecule has 0 spiro atoms. The average molecular weight is 278 g/mol. The van der Waals surface area contributed by atoms with Gasteiger partial charge in [-0.25, -0.2) is 0 Å². The summed E-state index contributed by atoms with van der Waals surface area (Å²) in [4.78, 5) is 0. The van der Waals surface area contributed by atoms with Gasteiger partial charge in [-0.3, -0.25) is 0 Å². The van der Waals surface area contributed by atoms with Gasteiger partial charge in [-0.15, -0.1) is 0 Å². The molecule has 0 saturated carbocycles. The normalized spacial score (nSPS) is 11.3. The maximum Gasteiger partial charge on any atom is 0.140 e. The van der Waals surface area contributed by atoms with Crippen LogP contribution in [0.25, 0.3) is 0 Å². The van der Waals surface area contributed by atoms with Crippen LogP contribution in [0.1, 0.15) is 39.5 Å². The van der Waals surface area contributed by atoms with Gasteiger partial charge in [-0.05, 0) is 38.5 Å². The summed E-state index contributed by atoms with van der Waals surface area (Å²) in [6, 6.07) is 0. The Morgan fingerprint density at radius 1 is 0.600 bits per heavy atom. The van der Waals surface area contributed by atoms with Crippen LogP contribution in [0.2, 0.25) is 0 Å². The molecular formula is C18H34N2+2. The molecule has 0 aliphatic heterocycles. The van der Waals surface area contributed by atoms with Crippen LogP contribution in [0.15, 0.2) is 0 Å². The van der Waals surface area contributed by atoms with Crippen LogP contribution in [0, 0.1) is 23.7 Å². The van der Waals surface area contributed by atoms with Gasteiger partial charge in [0.05, 0.1) is 41.3 Å². The Kier molecular flexibility index (Phi) is 9.39. The van der Waals surface area contributed by atoms with Crippen LogP contribution in [-0.4, -0.2) is 63.3 Å². The molecule has 0 unspecified atom stereocenters. The zero-order valence-corrected chi connectivity index (χ0v) is 14.6. The number of quaternary nitrogens is 2. The molecule has 0 rings (SSSR count). The molecule has 0 aliphatic rings. The Labute approximate surface area is 127 Å². The SMILES string of the molecule is CC[N+](C)(C)CC#CCCCCC#CC[N+](C)(C)CC. The minimum atomic E-state index is 0.959. The van der Waals surface area contributed by atoms with Crippen LogP contribution in [0.4, 0.5) is 0 Å². The van der Waals surface area contributed by atoms with Gasteiger partial charge in [0.2, 0.25) is 0 Å². The Balaban J connectivity index is 3.65. The zero-order chi connectivity index (χ0) is 15.5. The van der Waals surface area contributed by atoms with Crippen LogP contribution < -0.4 is 0 Å². The third-order valence-corrected chi connectivity index (χ3v) is 3.83. The van der Waals surface area contributed by atoms with E-state index in [9.17, 15) is 0 Å². The first-order valence-corrected chi connectivity index (χ1v) is 7.88. The van der Waals surface area contributed by atoms with Crippen molar-refractivity contribution in [2.75, 3.05) is 54.4 Å². The van der Waals surface area contributed by atoms with Crippen LogP contribution in [0.5, 0.6) is 0 Å². The topological polar surface area (TPSA) is 0 Å². The van der Waals surface area contributed by atoms with Gasteiger partial charge in [-0.1, -0.05) is 11.8 Å². The summed E-state index contributed by atoms with van der Waals surface area (Å²) in [6.07, 6.45) is 4.38. The van der Waals surface area contributed by atoms with Gasteiger partial charge < -0.3 is 8.97 Å². The molecule has 0 aromatic carbocycles. The highest BCUT2D eigenvalue weighted by atomic mass is 15.3. The summed E-state index contributed by atoms with van der Waals surface area (Å²) < 4.78 is 1.98. The van der Waals surface area contributed by atoms with E-state index in [4.69, 9.17) is 0 Å². The van der Waals surface area contributed by atoms with Crippen molar-refractivity contribution in [3.05, 3.63) is 0 Å². The molecule has 0 heterocycles. The summed E-state index contributed by atoms with van der Waals surface area (Å²) in [6.45, 7) is 8.60. The molecule has 20 heavy (non-hydrogen) atoms. The monoisotopic (exact) mass is 278 g/mol. The highest BCUT2D eigenvalue weighted by Gasteiger charge is 2.08. The molecule has 2 nitrogen and oxygen atoms in total.